The van der Waals surface area contributed by atoms with Gasteiger partial charge < -0.3 is 0 Å². The minimum absolute atomic E-state index is 0.132. The molecule has 0 unspecified atom stereocenters. The summed E-state index contributed by atoms with van der Waals surface area (Å²) in [6.07, 6.45) is 0. The van der Waals surface area contributed by atoms with Crippen molar-refractivity contribution in [2.75, 3.05) is 5.75 Å². The summed E-state index contributed by atoms with van der Waals surface area (Å²) in [5, 5.41) is 0. The van der Waals surface area contributed by atoms with Crippen molar-refractivity contribution in [1.29, 1.82) is 0 Å². The maximum absolute atomic E-state index is 11.8. The first-order chi connectivity index (χ1) is 8.15. The predicted molar refractivity (Wildman–Crippen MR) is 75.6 cm³/mol. The van der Waals surface area contributed by atoms with Gasteiger partial charge in [0.1, 0.15) is 0 Å². The first-order valence-electron chi connectivity index (χ1n) is 5.13. The van der Waals surface area contributed by atoms with Gasteiger partial charge in [0.2, 0.25) is 0 Å². The SMILES string of the molecule is Cc1ccc(SCC(=O)c2ccc(Cl)s2)cc1. The van der Waals surface area contributed by atoms with Crippen molar-refractivity contribution in [1.82, 2.24) is 0 Å². The molecule has 0 radical (unpaired) electrons. The van der Waals surface area contributed by atoms with Crippen LogP contribution in [0.2, 0.25) is 4.34 Å². The second kappa shape index (κ2) is 5.71. The highest BCUT2D eigenvalue weighted by Crippen LogP contribution is 2.25. The molecule has 2 aromatic rings. The second-order valence-corrected chi connectivity index (χ2v) is 6.39. The second-order valence-electron chi connectivity index (χ2n) is 3.63. The molecule has 0 aliphatic heterocycles. The third kappa shape index (κ3) is 3.60. The van der Waals surface area contributed by atoms with Crippen molar-refractivity contribution in [2.45, 2.75) is 11.8 Å². The fraction of sp³-hybridized carbons (Fsp3) is 0.154. The number of benzene rings is 1. The monoisotopic (exact) mass is 282 g/mol. The molecule has 17 heavy (non-hydrogen) atoms. The quantitative estimate of drug-likeness (QED) is 0.598. The van der Waals surface area contributed by atoms with Gasteiger partial charge in [0.15, 0.2) is 5.78 Å². The Kier molecular flexibility index (Phi) is 4.26. The van der Waals surface area contributed by atoms with Gasteiger partial charge in [-0.05, 0) is 31.2 Å². The topological polar surface area (TPSA) is 17.1 Å². The Morgan fingerprint density at radius 2 is 1.94 bits per heavy atom. The summed E-state index contributed by atoms with van der Waals surface area (Å²) in [4.78, 5) is 13.7. The van der Waals surface area contributed by atoms with Gasteiger partial charge in [0.25, 0.3) is 0 Å². The van der Waals surface area contributed by atoms with Gasteiger partial charge in [0, 0.05) is 4.90 Å². The highest BCUT2D eigenvalue weighted by molar-refractivity contribution is 8.00. The summed E-state index contributed by atoms with van der Waals surface area (Å²) >= 11 is 8.69. The van der Waals surface area contributed by atoms with E-state index in [0.29, 0.717) is 10.1 Å². The van der Waals surface area contributed by atoms with Crippen LogP contribution in [0.4, 0.5) is 0 Å². The van der Waals surface area contributed by atoms with E-state index in [4.69, 9.17) is 11.6 Å². The lowest BCUT2D eigenvalue weighted by Gasteiger charge is -2.00. The molecule has 1 aromatic carbocycles. The van der Waals surface area contributed by atoms with Crippen LogP contribution in [0.1, 0.15) is 15.2 Å². The molecule has 88 valence electrons. The lowest BCUT2D eigenvalue weighted by molar-refractivity contribution is 0.102. The zero-order valence-electron chi connectivity index (χ0n) is 9.27. The normalized spacial score (nSPS) is 10.5. The Morgan fingerprint density at radius 3 is 2.53 bits per heavy atom. The van der Waals surface area contributed by atoms with Crippen LogP contribution in [0, 0.1) is 6.92 Å². The summed E-state index contributed by atoms with van der Waals surface area (Å²) in [6, 6.07) is 11.7. The van der Waals surface area contributed by atoms with Gasteiger partial charge >= 0.3 is 0 Å². The molecule has 0 saturated heterocycles. The highest BCUT2D eigenvalue weighted by Gasteiger charge is 2.09. The minimum atomic E-state index is 0.132. The van der Waals surface area contributed by atoms with Gasteiger partial charge in [-0.25, -0.2) is 0 Å². The summed E-state index contributed by atoms with van der Waals surface area (Å²) < 4.78 is 0.661. The smallest absolute Gasteiger partial charge is 0.183 e. The lowest BCUT2D eigenvalue weighted by atomic mass is 10.2. The summed E-state index contributed by atoms with van der Waals surface area (Å²) in [6.45, 7) is 2.05. The van der Waals surface area contributed by atoms with Crippen LogP contribution in [0.5, 0.6) is 0 Å². The molecule has 0 aliphatic carbocycles. The Bertz CT molecular complexity index is 516. The van der Waals surface area contributed by atoms with E-state index in [0.717, 1.165) is 9.77 Å². The Morgan fingerprint density at radius 1 is 1.24 bits per heavy atom. The first-order valence-corrected chi connectivity index (χ1v) is 7.31. The van der Waals surface area contributed by atoms with Crippen LogP contribution in [-0.2, 0) is 0 Å². The van der Waals surface area contributed by atoms with Crippen LogP contribution in [-0.4, -0.2) is 11.5 Å². The van der Waals surface area contributed by atoms with Crippen molar-refractivity contribution < 1.29 is 4.79 Å². The maximum Gasteiger partial charge on any atom is 0.183 e. The van der Waals surface area contributed by atoms with Gasteiger partial charge in [-0.3, -0.25) is 4.79 Å². The van der Waals surface area contributed by atoms with E-state index in [-0.39, 0.29) is 5.78 Å². The largest absolute Gasteiger partial charge is 0.292 e. The van der Waals surface area contributed by atoms with Gasteiger partial charge in [-0.2, -0.15) is 0 Å². The third-order valence-corrected chi connectivity index (χ3v) is 4.52. The lowest BCUT2D eigenvalue weighted by Crippen LogP contribution is -1.98. The summed E-state index contributed by atoms with van der Waals surface area (Å²) in [5.41, 5.74) is 1.23. The number of ketones is 1. The molecule has 0 aliphatic rings. The van der Waals surface area contributed by atoms with Crippen LogP contribution in [0.3, 0.4) is 0 Å². The van der Waals surface area contributed by atoms with Crippen LogP contribution >= 0.6 is 34.7 Å². The van der Waals surface area contributed by atoms with E-state index < -0.39 is 0 Å². The fourth-order valence-electron chi connectivity index (χ4n) is 1.32. The number of Topliss-reactive ketones (excluding diaryl/α,β-unsaturated/α-hetero) is 1. The van der Waals surface area contributed by atoms with E-state index in [1.54, 1.807) is 23.9 Å². The van der Waals surface area contributed by atoms with Gasteiger partial charge in [-0.1, -0.05) is 29.3 Å². The number of thiophene rings is 1. The Labute approximate surface area is 114 Å². The van der Waals surface area contributed by atoms with Crippen LogP contribution in [0.15, 0.2) is 41.3 Å². The van der Waals surface area contributed by atoms with E-state index in [2.05, 4.69) is 12.1 Å². The molecule has 0 bridgehead atoms. The highest BCUT2D eigenvalue weighted by atomic mass is 35.5. The zero-order valence-corrected chi connectivity index (χ0v) is 11.7. The Hall–Kier alpha value is -0.770. The molecule has 0 atom stereocenters. The number of carbonyl (C=O) groups is 1. The first kappa shape index (κ1) is 12.7. The molecule has 1 aromatic heterocycles. The molecule has 4 heteroatoms. The molecule has 0 N–H and O–H groups in total. The van der Waals surface area contributed by atoms with Gasteiger partial charge in [0.05, 0.1) is 15.0 Å². The van der Waals surface area contributed by atoms with Crippen molar-refractivity contribution >= 4 is 40.5 Å². The van der Waals surface area contributed by atoms with Crippen molar-refractivity contribution in [3.63, 3.8) is 0 Å². The van der Waals surface area contributed by atoms with Crippen LogP contribution < -0.4 is 0 Å². The molecule has 1 nitrogen and oxygen atoms in total. The molecule has 0 amide bonds. The number of rotatable bonds is 4. The number of carbonyl (C=O) groups excluding carboxylic acids is 1. The summed E-state index contributed by atoms with van der Waals surface area (Å²) in [5.74, 6) is 0.590. The number of hydrogen-bond donors (Lipinski definition) is 0. The summed E-state index contributed by atoms with van der Waals surface area (Å²) in [7, 11) is 0. The number of hydrogen-bond acceptors (Lipinski definition) is 3. The zero-order chi connectivity index (χ0) is 12.3. The molecule has 1 heterocycles. The van der Waals surface area contributed by atoms with E-state index in [9.17, 15) is 4.79 Å². The number of aryl methyl sites for hydroxylation is 1. The fourth-order valence-corrected chi connectivity index (χ4v) is 3.17. The minimum Gasteiger partial charge on any atom is -0.292 e. The number of halogens is 1. The van der Waals surface area contributed by atoms with Crippen LogP contribution in [0.25, 0.3) is 0 Å². The standard InChI is InChI=1S/C13H11ClOS2/c1-9-2-4-10(5-3-9)16-8-11(15)12-6-7-13(14)17-12/h2-7H,8H2,1H3. The van der Waals surface area contributed by atoms with Crippen molar-refractivity contribution in [3.8, 4) is 0 Å². The third-order valence-electron chi connectivity index (χ3n) is 2.24. The van der Waals surface area contributed by atoms with E-state index in [1.165, 1.54) is 16.9 Å². The number of thioether (sulfide) groups is 1. The predicted octanol–water partition coefficient (Wildman–Crippen LogP) is 4.68. The van der Waals surface area contributed by atoms with E-state index in [1.807, 2.05) is 19.1 Å². The Balaban J connectivity index is 1.94. The molecule has 0 fully saturated rings. The average Bonchev–Trinajstić information content (AvgIpc) is 2.75. The average molecular weight is 283 g/mol. The molecular formula is C13H11ClOS2. The maximum atomic E-state index is 11.8. The molecule has 2 rings (SSSR count). The molecule has 0 spiro atoms. The van der Waals surface area contributed by atoms with E-state index >= 15 is 0 Å². The van der Waals surface area contributed by atoms with Crippen molar-refractivity contribution in [2.24, 2.45) is 0 Å². The van der Waals surface area contributed by atoms with Crippen molar-refractivity contribution in [3.05, 3.63) is 51.2 Å². The molecule has 0 saturated carbocycles. The molecular weight excluding hydrogens is 272 g/mol. The van der Waals surface area contributed by atoms with Gasteiger partial charge in [-0.15, -0.1) is 23.1 Å².